The minimum absolute atomic E-state index is 0.166. The number of hydrogen-bond donors (Lipinski definition) is 0. The van der Waals surface area contributed by atoms with Gasteiger partial charge in [-0.3, -0.25) is 0 Å². The average Bonchev–Trinajstić information content (AvgIpc) is 1.87. The number of hydrogen-bond acceptors (Lipinski definition) is 2. The molecule has 0 aliphatic rings. The van der Waals surface area contributed by atoms with E-state index in [1.54, 1.807) is 0 Å². The third-order valence-electron chi connectivity index (χ3n) is 1.24. The largest absolute Gasteiger partial charge is 0.236 e. The summed E-state index contributed by atoms with van der Waals surface area (Å²) in [6.45, 7) is 1.92. The van der Waals surface area contributed by atoms with Crippen LogP contribution in [-0.2, 0) is 4.79 Å². The van der Waals surface area contributed by atoms with Crippen LogP contribution >= 0.6 is 23.2 Å². The van der Waals surface area contributed by atoms with Crippen molar-refractivity contribution in [2.24, 2.45) is 4.99 Å². The molecule has 2 unspecified atom stereocenters. The summed E-state index contributed by atoms with van der Waals surface area (Å²) in [6.07, 6.45) is 3.90. The van der Waals surface area contributed by atoms with Crippen LogP contribution in [0.5, 0.6) is 0 Å². The molecule has 0 aliphatic carbocycles. The highest BCUT2D eigenvalue weighted by Crippen LogP contribution is 2.11. The summed E-state index contributed by atoms with van der Waals surface area (Å²) in [7, 11) is 0. The van der Waals surface area contributed by atoms with Gasteiger partial charge in [0.1, 0.15) is 5.50 Å². The molecule has 0 fully saturated rings. The van der Waals surface area contributed by atoms with Gasteiger partial charge < -0.3 is 0 Å². The molecule has 0 saturated heterocycles. The fourth-order valence-corrected chi connectivity index (χ4v) is 1.04. The zero-order chi connectivity index (χ0) is 8.69. The van der Waals surface area contributed by atoms with E-state index in [0.717, 1.165) is 12.8 Å². The van der Waals surface area contributed by atoms with Crippen molar-refractivity contribution in [1.29, 1.82) is 0 Å². The van der Waals surface area contributed by atoms with Gasteiger partial charge in [0.05, 0.1) is 0 Å². The fourth-order valence-electron chi connectivity index (χ4n) is 0.689. The van der Waals surface area contributed by atoms with E-state index >= 15 is 0 Å². The Hall–Kier alpha value is -0.0400. The summed E-state index contributed by atoms with van der Waals surface area (Å²) in [5.74, 6) is 0. The fraction of sp³-hybridized carbons (Fsp3) is 0.857. The van der Waals surface area contributed by atoms with Crippen LogP contribution in [0.4, 0.5) is 0 Å². The van der Waals surface area contributed by atoms with Crippen LogP contribution in [0, 0.1) is 0 Å². The normalized spacial score (nSPS) is 15.2. The number of halogens is 2. The smallest absolute Gasteiger partial charge is 0.211 e. The minimum atomic E-state index is -0.428. The predicted molar refractivity (Wildman–Crippen MR) is 46.9 cm³/mol. The monoisotopic (exact) mass is 195 g/mol. The third kappa shape index (κ3) is 7.86. The Labute approximate surface area is 76.6 Å². The second-order valence-electron chi connectivity index (χ2n) is 2.37. The van der Waals surface area contributed by atoms with E-state index in [1.807, 2.05) is 6.92 Å². The highest BCUT2D eigenvalue weighted by molar-refractivity contribution is 6.20. The summed E-state index contributed by atoms with van der Waals surface area (Å²) < 4.78 is 0. The molecule has 11 heavy (non-hydrogen) atoms. The third-order valence-corrected chi connectivity index (χ3v) is 1.77. The van der Waals surface area contributed by atoms with E-state index in [0.29, 0.717) is 6.42 Å². The van der Waals surface area contributed by atoms with Crippen molar-refractivity contribution in [3.63, 3.8) is 0 Å². The van der Waals surface area contributed by atoms with Crippen LogP contribution in [0.3, 0.4) is 0 Å². The topological polar surface area (TPSA) is 29.4 Å². The van der Waals surface area contributed by atoms with Crippen LogP contribution in [0.15, 0.2) is 4.99 Å². The van der Waals surface area contributed by atoms with Crippen molar-refractivity contribution >= 4 is 29.3 Å². The second-order valence-corrected chi connectivity index (χ2v) is 3.62. The Kier molecular flexibility index (Phi) is 6.63. The van der Waals surface area contributed by atoms with Crippen LogP contribution in [0.1, 0.15) is 26.2 Å². The molecule has 0 amide bonds. The first-order valence-electron chi connectivity index (χ1n) is 3.52. The highest BCUT2D eigenvalue weighted by Gasteiger charge is 2.02. The van der Waals surface area contributed by atoms with Crippen LogP contribution < -0.4 is 0 Å². The molecule has 0 N–H and O–H groups in total. The SMILES string of the molecule is CC(Cl)CCCC(Cl)N=C=O. The first-order valence-corrected chi connectivity index (χ1v) is 4.39. The van der Waals surface area contributed by atoms with Crippen molar-refractivity contribution in [3.05, 3.63) is 0 Å². The van der Waals surface area contributed by atoms with Gasteiger partial charge >= 0.3 is 0 Å². The van der Waals surface area contributed by atoms with Crippen molar-refractivity contribution < 1.29 is 4.79 Å². The van der Waals surface area contributed by atoms with Gasteiger partial charge in [-0.15, -0.1) is 11.6 Å². The lowest BCUT2D eigenvalue weighted by Gasteiger charge is -2.02. The summed E-state index contributed by atoms with van der Waals surface area (Å²) in [5.41, 5.74) is -0.428. The van der Waals surface area contributed by atoms with Gasteiger partial charge in [0.25, 0.3) is 0 Å². The number of isocyanates is 1. The number of carbonyl (C=O) groups excluding carboxylic acids is 1. The quantitative estimate of drug-likeness (QED) is 0.287. The summed E-state index contributed by atoms with van der Waals surface area (Å²) in [4.78, 5) is 13.0. The number of aliphatic imine (C=N–C) groups is 1. The first kappa shape index (κ1) is 11.0. The maximum absolute atomic E-state index is 9.71. The lowest BCUT2D eigenvalue weighted by Crippen LogP contribution is -1.96. The molecule has 64 valence electrons. The van der Waals surface area contributed by atoms with E-state index in [-0.39, 0.29) is 5.38 Å². The molecule has 0 radical (unpaired) electrons. The van der Waals surface area contributed by atoms with Crippen LogP contribution in [-0.4, -0.2) is 17.0 Å². The molecule has 0 rings (SSSR count). The van der Waals surface area contributed by atoms with Gasteiger partial charge in [-0.25, -0.2) is 4.79 Å². The Morgan fingerprint density at radius 2 is 2.09 bits per heavy atom. The van der Waals surface area contributed by atoms with Gasteiger partial charge in [-0.2, -0.15) is 4.99 Å². The molecule has 2 atom stereocenters. The van der Waals surface area contributed by atoms with Gasteiger partial charge in [-0.05, 0) is 26.2 Å². The van der Waals surface area contributed by atoms with Crippen molar-refractivity contribution in [1.82, 2.24) is 0 Å². The van der Waals surface area contributed by atoms with Crippen LogP contribution in [0.2, 0.25) is 0 Å². The molecule has 4 heteroatoms. The van der Waals surface area contributed by atoms with Crippen molar-refractivity contribution in [2.75, 3.05) is 0 Å². The lowest BCUT2D eigenvalue weighted by atomic mass is 10.2. The van der Waals surface area contributed by atoms with E-state index in [1.165, 1.54) is 6.08 Å². The standard InChI is InChI=1S/C7H11Cl2NO/c1-6(8)3-2-4-7(9)10-5-11/h6-7H,2-4H2,1H3. The number of rotatable bonds is 5. The Morgan fingerprint density at radius 3 is 2.55 bits per heavy atom. The molecule has 0 spiro atoms. The molecule has 0 aromatic heterocycles. The molecular weight excluding hydrogens is 185 g/mol. The molecule has 0 aromatic carbocycles. The lowest BCUT2D eigenvalue weighted by molar-refractivity contribution is 0.559. The van der Waals surface area contributed by atoms with E-state index in [9.17, 15) is 4.79 Å². The van der Waals surface area contributed by atoms with Gasteiger partial charge in [-0.1, -0.05) is 11.6 Å². The van der Waals surface area contributed by atoms with E-state index in [4.69, 9.17) is 23.2 Å². The molecule has 2 nitrogen and oxygen atoms in total. The number of nitrogens with zero attached hydrogens (tertiary/aromatic N) is 1. The van der Waals surface area contributed by atoms with Gasteiger partial charge in [0.2, 0.25) is 6.08 Å². The Bertz CT molecular complexity index is 143. The maximum Gasteiger partial charge on any atom is 0.236 e. The van der Waals surface area contributed by atoms with Crippen molar-refractivity contribution in [2.45, 2.75) is 37.1 Å². The highest BCUT2D eigenvalue weighted by atomic mass is 35.5. The van der Waals surface area contributed by atoms with Crippen LogP contribution in [0.25, 0.3) is 0 Å². The molecule has 0 heterocycles. The molecular formula is C7H11Cl2NO. The number of alkyl halides is 2. The summed E-state index contributed by atoms with van der Waals surface area (Å²) >= 11 is 11.3. The molecule has 0 aromatic rings. The Morgan fingerprint density at radius 1 is 1.45 bits per heavy atom. The Balaban J connectivity index is 3.31. The maximum atomic E-state index is 9.71. The second kappa shape index (κ2) is 6.66. The minimum Gasteiger partial charge on any atom is -0.211 e. The van der Waals surface area contributed by atoms with Crippen molar-refractivity contribution in [3.8, 4) is 0 Å². The van der Waals surface area contributed by atoms with E-state index < -0.39 is 5.50 Å². The zero-order valence-electron chi connectivity index (χ0n) is 6.39. The molecule has 0 aliphatic heterocycles. The summed E-state index contributed by atoms with van der Waals surface area (Å²) in [5, 5.41) is 0.166. The van der Waals surface area contributed by atoms with Gasteiger partial charge in [0, 0.05) is 5.38 Å². The summed E-state index contributed by atoms with van der Waals surface area (Å²) in [6, 6.07) is 0. The van der Waals surface area contributed by atoms with Gasteiger partial charge in [0.15, 0.2) is 0 Å². The molecule has 0 bridgehead atoms. The average molecular weight is 196 g/mol. The first-order chi connectivity index (χ1) is 5.16. The predicted octanol–water partition coefficient (Wildman–Crippen LogP) is 2.68. The van der Waals surface area contributed by atoms with E-state index in [2.05, 4.69) is 4.99 Å². The zero-order valence-corrected chi connectivity index (χ0v) is 7.90. The molecule has 0 saturated carbocycles.